The summed E-state index contributed by atoms with van der Waals surface area (Å²) in [5.41, 5.74) is 0.830. The van der Waals surface area contributed by atoms with Gasteiger partial charge in [-0.1, -0.05) is 17.8 Å². The third kappa shape index (κ3) is 2.56. The normalized spacial score (nSPS) is 19.9. The van der Waals surface area contributed by atoms with Gasteiger partial charge in [-0.15, -0.1) is 5.10 Å². The highest BCUT2D eigenvalue weighted by Crippen LogP contribution is 2.13. The summed E-state index contributed by atoms with van der Waals surface area (Å²) >= 11 is 1.19. The molecule has 2 N–H and O–H groups in total. The lowest BCUT2D eigenvalue weighted by Crippen LogP contribution is -2.36. The van der Waals surface area contributed by atoms with Crippen LogP contribution in [-0.4, -0.2) is 34.6 Å². The van der Waals surface area contributed by atoms with Crippen molar-refractivity contribution in [3.63, 3.8) is 0 Å². The van der Waals surface area contributed by atoms with E-state index in [0.29, 0.717) is 4.88 Å². The number of aromatic nitrogens is 2. The van der Waals surface area contributed by atoms with Crippen molar-refractivity contribution in [2.75, 3.05) is 13.1 Å². The van der Waals surface area contributed by atoms with E-state index < -0.39 is 0 Å². The molecule has 1 aliphatic heterocycles. The van der Waals surface area contributed by atoms with Gasteiger partial charge in [-0.25, -0.2) is 0 Å². The molecule has 2 heterocycles. The van der Waals surface area contributed by atoms with Crippen molar-refractivity contribution in [3.05, 3.63) is 10.6 Å². The molecule has 0 saturated carbocycles. The monoisotopic (exact) mass is 240 g/mol. The predicted molar refractivity (Wildman–Crippen MR) is 62.6 cm³/mol. The Morgan fingerprint density at radius 3 is 3.25 bits per heavy atom. The Kier molecular flexibility index (Phi) is 3.84. The lowest BCUT2D eigenvalue weighted by atomic mass is 10.2. The summed E-state index contributed by atoms with van der Waals surface area (Å²) in [6.07, 6.45) is 2.81. The maximum Gasteiger partial charge on any atom is 0.265 e. The molecule has 1 amide bonds. The molecular weight excluding hydrogens is 224 g/mol. The molecule has 2 rings (SSSR count). The molecule has 6 heteroatoms. The van der Waals surface area contributed by atoms with Gasteiger partial charge in [0.15, 0.2) is 0 Å². The van der Waals surface area contributed by atoms with Crippen LogP contribution in [-0.2, 0) is 6.42 Å². The second-order valence-corrected chi connectivity index (χ2v) is 4.72. The van der Waals surface area contributed by atoms with Crippen molar-refractivity contribution in [2.24, 2.45) is 0 Å². The standard InChI is InChI=1S/C10H16N4OS/c1-2-3-8-9(16-14-13-8)10(15)12-7-4-5-11-6-7/h7,11H,2-6H2,1H3,(H,12,15). The summed E-state index contributed by atoms with van der Waals surface area (Å²) in [4.78, 5) is 12.6. The Morgan fingerprint density at radius 2 is 2.56 bits per heavy atom. The van der Waals surface area contributed by atoms with Crippen LogP contribution < -0.4 is 10.6 Å². The maximum absolute atomic E-state index is 11.9. The molecule has 1 aromatic rings. The molecule has 1 unspecified atom stereocenters. The van der Waals surface area contributed by atoms with Crippen LogP contribution in [0.5, 0.6) is 0 Å². The number of hydrogen-bond donors (Lipinski definition) is 2. The molecule has 0 radical (unpaired) electrons. The zero-order valence-corrected chi connectivity index (χ0v) is 10.1. The third-order valence-corrected chi connectivity index (χ3v) is 3.41. The van der Waals surface area contributed by atoms with Crippen molar-refractivity contribution in [1.29, 1.82) is 0 Å². The molecule has 1 saturated heterocycles. The number of aryl methyl sites for hydroxylation is 1. The molecule has 5 nitrogen and oxygen atoms in total. The van der Waals surface area contributed by atoms with Gasteiger partial charge in [0, 0.05) is 12.6 Å². The van der Waals surface area contributed by atoms with Gasteiger partial charge >= 0.3 is 0 Å². The number of rotatable bonds is 4. The largest absolute Gasteiger partial charge is 0.347 e. The average molecular weight is 240 g/mol. The highest BCUT2D eigenvalue weighted by atomic mass is 32.1. The van der Waals surface area contributed by atoms with Crippen LogP contribution in [0.4, 0.5) is 0 Å². The number of hydrogen-bond acceptors (Lipinski definition) is 5. The van der Waals surface area contributed by atoms with Crippen molar-refractivity contribution in [3.8, 4) is 0 Å². The second kappa shape index (κ2) is 5.36. The summed E-state index contributed by atoms with van der Waals surface area (Å²) in [7, 11) is 0. The van der Waals surface area contributed by atoms with E-state index in [1.54, 1.807) is 0 Å². The number of nitrogens with one attached hydrogen (secondary N) is 2. The summed E-state index contributed by atoms with van der Waals surface area (Å²) in [6, 6.07) is 0.254. The Balaban J connectivity index is 1.99. The van der Waals surface area contributed by atoms with Gasteiger partial charge in [-0.3, -0.25) is 4.79 Å². The van der Waals surface area contributed by atoms with E-state index >= 15 is 0 Å². The first kappa shape index (κ1) is 11.5. The molecule has 0 aliphatic carbocycles. The Bertz CT molecular complexity index is 359. The summed E-state index contributed by atoms with van der Waals surface area (Å²) in [6.45, 7) is 3.91. The van der Waals surface area contributed by atoms with Gasteiger partial charge in [0.05, 0.1) is 5.69 Å². The van der Waals surface area contributed by atoms with E-state index in [2.05, 4.69) is 27.1 Å². The molecule has 0 spiro atoms. The van der Waals surface area contributed by atoms with Crippen molar-refractivity contribution in [2.45, 2.75) is 32.2 Å². The highest BCUT2D eigenvalue weighted by molar-refractivity contribution is 7.08. The minimum atomic E-state index is -0.0212. The fraction of sp³-hybridized carbons (Fsp3) is 0.700. The first-order valence-corrected chi connectivity index (χ1v) is 6.41. The maximum atomic E-state index is 11.9. The third-order valence-electron chi connectivity index (χ3n) is 2.64. The van der Waals surface area contributed by atoms with Gasteiger partial charge in [0.2, 0.25) is 0 Å². The minimum Gasteiger partial charge on any atom is -0.347 e. The molecule has 1 aliphatic rings. The topological polar surface area (TPSA) is 66.9 Å². The molecule has 88 valence electrons. The SMILES string of the molecule is CCCc1nnsc1C(=O)NC1CCNC1. The van der Waals surface area contributed by atoms with Gasteiger partial charge in [-0.2, -0.15) is 0 Å². The van der Waals surface area contributed by atoms with Crippen LogP contribution in [0.2, 0.25) is 0 Å². The molecule has 16 heavy (non-hydrogen) atoms. The molecule has 1 atom stereocenters. The van der Waals surface area contributed by atoms with E-state index in [1.807, 2.05) is 0 Å². The summed E-state index contributed by atoms with van der Waals surface area (Å²) in [5.74, 6) is -0.0212. The van der Waals surface area contributed by atoms with Crippen molar-refractivity contribution < 1.29 is 4.79 Å². The van der Waals surface area contributed by atoms with Crippen LogP contribution in [0.3, 0.4) is 0 Å². The van der Waals surface area contributed by atoms with Crippen molar-refractivity contribution in [1.82, 2.24) is 20.2 Å². The van der Waals surface area contributed by atoms with E-state index in [0.717, 1.165) is 38.0 Å². The summed E-state index contributed by atoms with van der Waals surface area (Å²) in [5, 5.41) is 10.2. The van der Waals surface area contributed by atoms with Crippen LogP contribution >= 0.6 is 11.5 Å². The van der Waals surface area contributed by atoms with Gasteiger partial charge in [0.1, 0.15) is 4.88 Å². The number of carbonyl (C=O) groups excluding carboxylic acids is 1. The van der Waals surface area contributed by atoms with Crippen LogP contribution in [0, 0.1) is 0 Å². The summed E-state index contributed by atoms with van der Waals surface area (Å²) < 4.78 is 3.85. The fourth-order valence-electron chi connectivity index (χ4n) is 1.81. The van der Waals surface area contributed by atoms with Gasteiger partial charge in [0.25, 0.3) is 5.91 Å². The molecular formula is C10H16N4OS. The molecule has 1 aromatic heterocycles. The number of nitrogens with zero attached hydrogens (tertiary/aromatic N) is 2. The quantitative estimate of drug-likeness (QED) is 0.808. The molecule has 1 fully saturated rings. The Labute approximate surface area is 98.8 Å². The second-order valence-electron chi connectivity index (χ2n) is 3.96. The highest BCUT2D eigenvalue weighted by Gasteiger charge is 2.21. The van der Waals surface area contributed by atoms with Crippen LogP contribution in [0.1, 0.15) is 35.1 Å². The van der Waals surface area contributed by atoms with Gasteiger partial charge < -0.3 is 10.6 Å². The van der Waals surface area contributed by atoms with E-state index in [4.69, 9.17) is 0 Å². The lowest BCUT2D eigenvalue weighted by molar-refractivity contribution is 0.0943. The zero-order chi connectivity index (χ0) is 11.4. The van der Waals surface area contributed by atoms with E-state index in [9.17, 15) is 4.79 Å². The zero-order valence-electron chi connectivity index (χ0n) is 9.32. The number of amides is 1. The smallest absolute Gasteiger partial charge is 0.265 e. The first-order valence-electron chi connectivity index (χ1n) is 5.64. The Hall–Kier alpha value is -1.01. The van der Waals surface area contributed by atoms with Crippen LogP contribution in [0.25, 0.3) is 0 Å². The Morgan fingerprint density at radius 1 is 1.69 bits per heavy atom. The van der Waals surface area contributed by atoms with Crippen molar-refractivity contribution >= 4 is 17.4 Å². The van der Waals surface area contributed by atoms with Gasteiger partial charge in [-0.05, 0) is 30.9 Å². The lowest BCUT2D eigenvalue weighted by Gasteiger charge is -2.10. The molecule has 0 bridgehead atoms. The average Bonchev–Trinajstić information content (AvgIpc) is 2.89. The first-order chi connectivity index (χ1) is 7.81. The predicted octanol–water partition coefficient (Wildman–Crippen LogP) is 0.582. The van der Waals surface area contributed by atoms with E-state index in [1.165, 1.54) is 11.5 Å². The molecule has 0 aromatic carbocycles. The fourth-order valence-corrected chi connectivity index (χ4v) is 2.42. The minimum absolute atomic E-state index is 0.0212. The number of carbonyl (C=O) groups is 1. The van der Waals surface area contributed by atoms with Crippen LogP contribution in [0.15, 0.2) is 0 Å². The van der Waals surface area contributed by atoms with E-state index in [-0.39, 0.29) is 11.9 Å².